The standard InChI is InChI=1S/C17H19NO3/c1-11-5-4-6-12(2)15(11)10-21-16-9-13(18)7-8-14(16)17(19)20-3/h4-9H,10,18H2,1-3H3. The highest BCUT2D eigenvalue weighted by molar-refractivity contribution is 5.93. The fourth-order valence-corrected chi connectivity index (χ4v) is 2.16. The molecule has 0 spiro atoms. The summed E-state index contributed by atoms with van der Waals surface area (Å²) < 4.78 is 10.6. The SMILES string of the molecule is COC(=O)c1ccc(N)cc1OCc1c(C)cccc1C. The highest BCUT2D eigenvalue weighted by atomic mass is 16.5. The Balaban J connectivity index is 2.27. The first kappa shape index (κ1) is 14.9. The van der Waals surface area contributed by atoms with E-state index in [0.29, 0.717) is 23.6 Å². The van der Waals surface area contributed by atoms with Gasteiger partial charge in [-0.2, -0.15) is 0 Å². The van der Waals surface area contributed by atoms with Crippen LogP contribution in [-0.4, -0.2) is 13.1 Å². The number of nitrogen functional groups attached to an aromatic ring is 1. The van der Waals surface area contributed by atoms with Crippen molar-refractivity contribution >= 4 is 11.7 Å². The van der Waals surface area contributed by atoms with E-state index in [1.165, 1.54) is 7.11 Å². The van der Waals surface area contributed by atoms with Gasteiger partial charge < -0.3 is 15.2 Å². The number of methoxy groups -OCH3 is 1. The number of aryl methyl sites for hydroxylation is 2. The molecule has 0 radical (unpaired) electrons. The Labute approximate surface area is 124 Å². The Bertz CT molecular complexity index is 645. The molecule has 0 unspecified atom stereocenters. The first-order valence-corrected chi connectivity index (χ1v) is 6.68. The van der Waals surface area contributed by atoms with Crippen LogP contribution >= 0.6 is 0 Å². The summed E-state index contributed by atoms with van der Waals surface area (Å²) in [6, 6.07) is 11.0. The van der Waals surface area contributed by atoms with Gasteiger partial charge in [-0.15, -0.1) is 0 Å². The zero-order valence-electron chi connectivity index (χ0n) is 12.5. The third-order valence-electron chi connectivity index (χ3n) is 3.43. The van der Waals surface area contributed by atoms with Crippen molar-refractivity contribution in [2.24, 2.45) is 0 Å². The quantitative estimate of drug-likeness (QED) is 0.692. The molecule has 110 valence electrons. The Morgan fingerprint density at radius 1 is 1.14 bits per heavy atom. The van der Waals surface area contributed by atoms with Crippen LogP contribution in [0.15, 0.2) is 36.4 Å². The Morgan fingerprint density at radius 2 is 1.81 bits per heavy atom. The van der Waals surface area contributed by atoms with Crippen LogP contribution in [0.25, 0.3) is 0 Å². The molecule has 0 aliphatic rings. The first-order chi connectivity index (χ1) is 10.0. The molecule has 2 aromatic rings. The van der Waals surface area contributed by atoms with E-state index in [4.69, 9.17) is 15.2 Å². The van der Waals surface area contributed by atoms with Crippen molar-refractivity contribution in [2.75, 3.05) is 12.8 Å². The zero-order chi connectivity index (χ0) is 15.4. The number of hydrogen-bond acceptors (Lipinski definition) is 4. The summed E-state index contributed by atoms with van der Waals surface area (Å²) in [4.78, 5) is 11.7. The molecule has 4 nitrogen and oxygen atoms in total. The van der Waals surface area contributed by atoms with Crippen LogP contribution in [0.5, 0.6) is 5.75 Å². The van der Waals surface area contributed by atoms with Gasteiger partial charge >= 0.3 is 5.97 Å². The van der Waals surface area contributed by atoms with E-state index < -0.39 is 5.97 Å². The van der Waals surface area contributed by atoms with Crippen molar-refractivity contribution in [3.8, 4) is 5.75 Å². The third-order valence-corrected chi connectivity index (χ3v) is 3.43. The highest BCUT2D eigenvalue weighted by Gasteiger charge is 2.14. The van der Waals surface area contributed by atoms with Gasteiger partial charge in [-0.25, -0.2) is 4.79 Å². The van der Waals surface area contributed by atoms with Crippen LogP contribution in [0.3, 0.4) is 0 Å². The summed E-state index contributed by atoms with van der Waals surface area (Å²) in [5, 5.41) is 0. The van der Waals surface area contributed by atoms with E-state index in [1.807, 2.05) is 32.0 Å². The second-order valence-corrected chi connectivity index (χ2v) is 4.91. The van der Waals surface area contributed by atoms with Crippen LogP contribution in [0.1, 0.15) is 27.0 Å². The minimum atomic E-state index is -0.438. The molecule has 0 saturated heterocycles. The molecule has 0 atom stereocenters. The van der Waals surface area contributed by atoms with Gasteiger partial charge in [-0.3, -0.25) is 0 Å². The van der Waals surface area contributed by atoms with E-state index in [1.54, 1.807) is 18.2 Å². The van der Waals surface area contributed by atoms with Crippen molar-refractivity contribution in [3.63, 3.8) is 0 Å². The molecule has 0 aromatic heterocycles. The number of ether oxygens (including phenoxy) is 2. The van der Waals surface area contributed by atoms with Gasteiger partial charge in [0, 0.05) is 11.8 Å². The van der Waals surface area contributed by atoms with Gasteiger partial charge in [-0.1, -0.05) is 18.2 Å². The molecule has 4 heteroatoms. The summed E-state index contributed by atoms with van der Waals surface area (Å²) in [6.07, 6.45) is 0. The molecule has 0 aliphatic carbocycles. The molecule has 0 fully saturated rings. The largest absolute Gasteiger partial charge is 0.488 e. The van der Waals surface area contributed by atoms with E-state index in [0.717, 1.165) is 16.7 Å². The third kappa shape index (κ3) is 3.34. The van der Waals surface area contributed by atoms with Gasteiger partial charge in [-0.05, 0) is 42.7 Å². The maximum Gasteiger partial charge on any atom is 0.341 e. The van der Waals surface area contributed by atoms with Crippen molar-refractivity contribution in [1.82, 2.24) is 0 Å². The zero-order valence-corrected chi connectivity index (χ0v) is 12.5. The predicted octanol–water partition coefficient (Wildman–Crippen LogP) is 3.25. The number of nitrogens with two attached hydrogens (primary N) is 1. The van der Waals surface area contributed by atoms with Crippen LogP contribution in [0, 0.1) is 13.8 Å². The molecule has 0 heterocycles. The minimum absolute atomic E-state index is 0.373. The number of carbonyl (C=O) groups excluding carboxylic acids is 1. The van der Waals surface area contributed by atoms with Crippen LogP contribution in [-0.2, 0) is 11.3 Å². The molecule has 0 bridgehead atoms. The highest BCUT2D eigenvalue weighted by Crippen LogP contribution is 2.25. The number of esters is 1. The summed E-state index contributed by atoms with van der Waals surface area (Å²) in [6.45, 7) is 4.45. The molecular weight excluding hydrogens is 266 g/mol. The Morgan fingerprint density at radius 3 is 2.43 bits per heavy atom. The average molecular weight is 285 g/mol. The smallest absolute Gasteiger partial charge is 0.341 e. The molecule has 0 amide bonds. The van der Waals surface area contributed by atoms with Crippen molar-refractivity contribution < 1.29 is 14.3 Å². The number of anilines is 1. The number of rotatable bonds is 4. The average Bonchev–Trinajstić information content (AvgIpc) is 2.46. The van der Waals surface area contributed by atoms with Crippen molar-refractivity contribution in [3.05, 3.63) is 58.7 Å². The monoisotopic (exact) mass is 285 g/mol. The number of hydrogen-bond donors (Lipinski definition) is 1. The molecule has 2 N–H and O–H groups in total. The fraction of sp³-hybridized carbons (Fsp3) is 0.235. The second-order valence-electron chi connectivity index (χ2n) is 4.91. The molecular formula is C17H19NO3. The number of benzene rings is 2. The van der Waals surface area contributed by atoms with E-state index >= 15 is 0 Å². The Kier molecular flexibility index (Phi) is 4.48. The molecule has 21 heavy (non-hydrogen) atoms. The van der Waals surface area contributed by atoms with Gasteiger partial charge in [0.2, 0.25) is 0 Å². The molecule has 2 aromatic carbocycles. The van der Waals surface area contributed by atoms with Gasteiger partial charge in [0.1, 0.15) is 17.9 Å². The van der Waals surface area contributed by atoms with Crippen molar-refractivity contribution in [2.45, 2.75) is 20.5 Å². The van der Waals surface area contributed by atoms with Gasteiger partial charge in [0.25, 0.3) is 0 Å². The second kappa shape index (κ2) is 6.31. The van der Waals surface area contributed by atoms with E-state index in [2.05, 4.69) is 0 Å². The topological polar surface area (TPSA) is 61.5 Å². The van der Waals surface area contributed by atoms with E-state index in [9.17, 15) is 4.79 Å². The maximum atomic E-state index is 11.7. The summed E-state index contributed by atoms with van der Waals surface area (Å²) >= 11 is 0. The predicted molar refractivity (Wildman–Crippen MR) is 82.4 cm³/mol. The lowest BCUT2D eigenvalue weighted by molar-refractivity contribution is 0.0595. The lowest BCUT2D eigenvalue weighted by Crippen LogP contribution is -2.07. The lowest BCUT2D eigenvalue weighted by atomic mass is 10.0. The summed E-state index contributed by atoms with van der Waals surface area (Å²) in [7, 11) is 1.34. The van der Waals surface area contributed by atoms with E-state index in [-0.39, 0.29) is 0 Å². The Hall–Kier alpha value is -2.49. The van der Waals surface area contributed by atoms with Crippen LogP contribution < -0.4 is 10.5 Å². The van der Waals surface area contributed by atoms with Gasteiger partial charge in [0.05, 0.1) is 7.11 Å². The molecule has 0 saturated carbocycles. The lowest BCUT2D eigenvalue weighted by Gasteiger charge is -2.14. The number of carbonyl (C=O) groups is 1. The van der Waals surface area contributed by atoms with Gasteiger partial charge in [0.15, 0.2) is 0 Å². The molecule has 2 rings (SSSR count). The van der Waals surface area contributed by atoms with Crippen LogP contribution in [0.2, 0.25) is 0 Å². The summed E-state index contributed by atoms with van der Waals surface area (Å²) in [5.41, 5.74) is 10.1. The van der Waals surface area contributed by atoms with Crippen molar-refractivity contribution in [1.29, 1.82) is 0 Å². The minimum Gasteiger partial charge on any atom is -0.488 e. The normalized spacial score (nSPS) is 10.2. The maximum absolute atomic E-state index is 11.7. The molecule has 0 aliphatic heterocycles. The first-order valence-electron chi connectivity index (χ1n) is 6.68. The summed E-state index contributed by atoms with van der Waals surface area (Å²) in [5.74, 6) is -0.00370. The van der Waals surface area contributed by atoms with Crippen LogP contribution in [0.4, 0.5) is 5.69 Å². The fourth-order valence-electron chi connectivity index (χ4n) is 2.16.